The van der Waals surface area contributed by atoms with E-state index in [2.05, 4.69) is 0 Å². The molecule has 1 amide bonds. The van der Waals surface area contributed by atoms with Gasteiger partial charge >= 0.3 is 0 Å². The molecule has 1 atom stereocenters. The molecule has 198 valence electrons. The summed E-state index contributed by atoms with van der Waals surface area (Å²) in [7, 11) is 1.55. The molecule has 0 aliphatic carbocycles. The average molecular weight is 516 g/mol. The van der Waals surface area contributed by atoms with Crippen molar-refractivity contribution in [2.45, 2.75) is 46.3 Å². The van der Waals surface area contributed by atoms with E-state index in [9.17, 15) is 14.7 Å². The fourth-order valence-corrected chi connectivity index (χ4v) is 4.58. The number of carbonyl (C=O) groups excluding carboxylic acids is 2. The van der Waals surface area contributed by atoms with Crippen molar-refractivity contribution in [3.8, 4) is 17.2 Å². The first-order chi connectivity index (χ1) is 18.3. The van der Waals surface area contributed by atoms with E-state index in [1.165, 1.54) is 4.90 Å². The topological polar surface area (TPSA) is 85.3 Å². The highest BCUT2D eigenvalue weighted by Crippen LogP contribution is 2.44. The molecule has 0 spiro atoms. The van der Waals surface area contributed by atoms with Crippen LogP contribution in [0, 0.1) is 0 Å². The van der Waals surface area contributed by atoms with Crippen LogP contribution in [0.3, 0.4) is 0 Å². The van der Waals surface area contributed by atoms with Gasteiger partial charge in [0.25, 0.3) is 11.7 Å². The molecule has 0 aromatic heterocycles. The summed E-state index contributed by atoms with van der Waals surface area (Å²) < 4.78 is 17.0. The molecule has 1 heterocycles. The molecular weight excluding hydrogens is 482 g/mol. The average Bonchev–Trinajstić information content (AvgIpc) is 3.18. The number of hydrogen-bond donors (Lipinski definition) is 1. The molecule has 1 saturated heterocycles. The maximum absolute atomic E-state index is 13.5. The van der Waals surface area contributed by atoms with E-state index >= 15 is 0 Å². The normalized spacial score (nSPS) is 16.7. The van der Waals surface area contributed by atoms with E-state index in [-0.39, 0.29) is 17.4 Å². The number of ether oxygens (including phenoxy) is 3. The number of benzene rings is 3. The minimum atomic E-state index is -0.887. The summed E-state index contributed by atoms with van der Waals surface area (Å²) in [6.07, 6.45) is 0.772. The second-order valence-corrected chi connectivity index (χ2v) is 9.23. The van der Waals surface area contributed by atoms with Crippen molar-refractivity contribution >= 4 is 23.1 Å². The number of nitrogens with zero attached hydrogens (tertiary/aromatic N) is 1. The number of aryl methyl sites for hydroxylation is 1. The van der Waals surface area contributed by atoms with E-state index < -0.39 is 17.7 Å². The number of methoxy groups -OCH3 is 1. The molecule has 1 aliphatic rings. The molecule has 1 N–H and O–H groups in total. The zero-order valence-corrected chi connectivity index (χ0v) is 22.4. The second kappa shape index (κ2) is 11.4. The highest BCUT2D eigenvalue weighted by molar-refractivity contribution is 6.51. The zero-order chi connectivity index (χ0) is 27.4. The van der Waals surface area contributed by atoms with Gasteiger partial charge in [0, 0.05) is 11.3 Å². The predicted octanol–water partition coefficient (Wildman–Crippen LogP) is 6.07. The Labute approximate surface area is 223 Å². The first-order valence-electron chi connectivity index (χ1n) is 12.8. The van der Waals surface area contributed by atoms with Crippen molar-refractivity contribution in [1.82, 2.24) is 0 Å². The molecule has 7 nitrogen and oxygen atoms in total. The third kappa shape index (κ3) is 5.23. The summed E-state index contributed by atoms with van der Waals surface area (Å²) in [4.78, 5) is 28.4. The van der Waals surface area contributed by atoms with Crippen LogP contribution in [-0.4, -0.2) is 36.6 Å². The minimum absolute atomic E-state index is 0.0103. The van der Waals surface area contributed by atoms with Crippen LogP contribution < -0.4 is 19.1 Å². The van der Waals surface area contributed by atoms with Gasteiger partial charge in [0.15, 0.2) is 11.5 Å². The Morgan fingerprint density at radius 2 is 1.71 bits per heavy atom. The Balaban J connectivity index is 1.92. The van der Waals surface area contributed by atoms with Gasteiger partial charge in [0.05, 0.1) is 31.4 Å². The van der Waals surface area contributed by atoms with Crippen molar-refractivity contribution in [3.63, 3.8) is 0 Å². The van der Waals surface area contributed by atoms with Gasteiger partial charge in [-0.2, -0.15) is 0 Å². The molecule has 0 radical (unpaired) electrons. The van der Waals surface area contributed by atoms with Gasteiger partial charge in [-0.25, -0.2) is 0 Å². The van der Waals surface area contributed by atoms with Crippen LogP contribution in [0.25, 0.3) is 5.76 Å². The lowest BCUT2D eigenvalue weighted by Gasteiger charge is -2.26. The van der Waals surface area contributed by atoms with Gasteiger partial charge in [-0.1, -0.05) is 37.3 Å². The fourth-order valence-electron chi connectivity index (χ4n) is 4.58. The third-order valence-corrected chi connectivity index (χ3v) is 6.35. The number of amides is 1. The highest BCUT2D eigenvalue weighted by atomic mass is 16.5. The predicted molar refractivity (Wildman–Crippen MR) is 147 cm³/mol. The maximum atomic E-state index is 13.5. The van der Waals surface area contributed by atoms with E-state index in [4.69, 9.17) is 14.2 Å². The van der Waals surface area contributed by atoms with Crippen molar-refractivity contribution in [2.24, 2.45) is 0 Å². The lowest BCUT2D eigenvalue weighted by atomic mass is 9.94. The van der Waals surface area contributed by atoms with Gasteiger partial charge < -0.3 is 19.3 Å². The molecule has 3 aromatic carbocycles. The molecule has 1 fully saturated rings. The molecule has 0 saturated carbocycles. The number of aliphatic hydroxyl groups is 1. The number of Topliss-reactive ketones (excluding diaryl/α,β-unsaturated/α-hetero) is 1. The Morgan fingerprint density at radius 3 is 2.34 bits per heavy atom. The lowest BCUT2D eigenvalue weighted by molar-refractivity contribution is -0.132. The Hall–Kier alpha value is -4.26. The quantitative estimate of drug-likeness (QED) is 0.212. The van der Waals surface area contributed by atoms with E-state index in [0.29, 0.717) is 40.7 Å². The van der Waals surface area contributed by atoms with Crippen LogP contribution in [0.2, 0.25) is 0 Å². The summed E-state index contributed by atoms with van der Waals surface area (Å²) in [6.45, 7) is 8.12. The first kappa shape index (κ1) is 26.8. The van der Waals surface area contributed by atoms with E-state index in [0.717, 1.165) is 12.0 Å². The summed E-state index contributed by atoms with van der Waals surface area (Å²) in [5.74, 6) is -0.206. The third-order valence-electron chi connectivity index (χ3n) is 6.35. The second-order valence-electron chi connectivity index (χ2n) is 9.23. The van der Waals surface area contributed by atoms with E-state index in [1.54, 1.807) is 49.6 Å². The van der Waals surface area contributed by atoms with Gasteiger partial charge in [0.1, 0.15) is 11.5 Å². The number of hydrogen-bond acceptors (Lipinski definition) is 6. The molecule has 38 heavy (non-hydrogen) atoms. The largest absolute Gasteiger partial charge is 0.507 e. The summed E-state index contributed by atoms with van der Waals surface area (Å²) in [5, 5.41) is 11.5. The smallest absolute Gasteiger partial charge is 0.300 e. The van der Waals surface area contributed by atoms with Crippen LogP contribution in [-0.2, 0) is 16.0 Å². The summed E-state index contributed by atoms with van der Waals surface area (Å²) in [6, 6.07) is 18.7. The van der Waals surface area contributed by atoms with E-state index in [1.807, 2.05) is 52.0 Å². The standard InChI is InChI=1S/C31H33NO6/c1-6-20-11-14-23(15-12-20)32-28(21-13-16-25(36-5)26(18-21)37-7-2)27(30(34)31(32)35)29(33)22-9-8-10-24(17-22)38-19(3)4/h8-19,28,33H,6-7H2,1-5H3/b29-27-. The van der Waals surface area contributed by atoms with Gasteiger partial charge in [0.2, 0.25) is 0 Å². The van der Waals surface area contributed by atoms with Crippen molar-refractivity contribution in [2.75, 3.05) is 18.6 Å². The first-order valence-corrected chi connectivity index (χ1v) is 12.8. The Kier molecular flexibility index (Phi) is 8.05. The number of anilines is 1. The minimum Gasteiger partial charge on any atom is -0.507 e. The number of carbonyl (C=O) groups is 2. The maximum Gasteiger partial charge on any atom is 0.300 e. The molecule has 4 rings (SSSR count). The fraction of sp³-hybridized carbons (Fsp3) is 0.290. The van der Waals surface area contributed by atoms with Crippen LogP contribution in [0.15, 0.2) is 72.3 Å². The molecule has 1 unspecified atom stereocenters. The summed E-state index contributed by atoms with van der Waals surface area (Å²) in [5.41, 5.74) is 2.63. The number of ketones is 1. The van der Waals surface area contributed by atoms with Crippen molar-refractivity contribution < 1.29 is 28.9 Å². The van der Waals surface area contributed by atoms with Crippen LogP contribution in [0.1, 0.15) is 50.4 Å². The molecular formula is C31H33NO6. The lowest BCUT2D eigenvalue weighted by Crippen LogP contribution is -2.29. The molecule has 3 aromatic rings. The summed E-state index contributed by atoms with van der Waals surface area (Å²) >= 11 is 0. The van der Waals surface area contributed by atoms with Crippen LogP contribution in [0.5, 0.6) is 17.2 Å². The SMILES string of the molecule is CCOc1cc(C2/C(=C(/O)c3cccc(OC(C)C)c3)C(=O)C(=O)N2c2ccc(CC)cc2)ccc1OC. The zero-order valence-electron chi connectivity index (χ0n) is 22.4. The Morgan fingerprint density at radius 1 is 0.974 bits per heavy atom. The van der Waals surface area contributed by atoms with Gasteiger partial charge in [-0.05, 0) is 74.7 Å². The molecule has 7 heteroatoms. The molecule has 1 aliphatic heterocycles. The van der Waals surface area contributed by atoms with Crippen LogP contribution >= 0.6 is 0 Å². The highest BCUT2D eigenvalue weighted by Gasteiger charge is 2.47. The van der Waals surface area contributed by atoms with Crippen LogP contribution in [0.4, 0.5) is 5.69 Å². The van der Waals surface area contributed by atoms with Gasteiger partial charge in [-0.3, -0.25) is 14.5 Å². The number of aliphatic hydroxyl groups excluding tert-OH is 1. The number of rotatable bonds is 9. The van der Waals surface area contributed by atoms with Crippen molar-refractivity contribution in [3.05, 3.63) is 89.0 Å². The molecule has 0 bridgehead atoms. The van der Waals surface area contributed by atoms with Gasteiger partial charge in [-0.15, -0.1) is 0 Å². The van der Waals surface area contributed by atoms with Crippen molar-refractivity contribution in [1.29, 1.82) is 0 Å². The Bertz CT molecular complexity index is 1360. The monoisotopic (exact) mass is 515 g/mol.